The van der Waals surface area contributed by atoms with Gasteiger partial charge in [-0.1, -0.05) is 59.3 Å². The quantitative estimate of drug-likeness (QED) is 0.445. The highest BCUT2D eigenvalue weighted by atomic mass is 79.9. The first-order valence-electron chi connectivity index (χ1n) is 7.29. The summed E-state index contributed by atoms with van der Waals surface area (Å²) in [7, 11) is -2.94. The van der Waals surface area contributed by atoms with Gasteiger partial charge in [0, 0.05) is 6.61 Å². The van der Waals surface area contributed by atoms with Crippen molar-refractivity contribution in [2.24, 2.45) is 5.92 Å². The maximum Gasteiger partial charge on any atom is 0.192 e. The Balaban J connectivity index is 4.57. The Bertz CT molecular complexity index is 403. The largest absolute Gasteiger partial charge is 0.416 e. The van der Waals surface area contributed by atoms with Crippen molar-refractivity contribution in [1.82, 2.24) is 0 Å². The average Bonchev–Trinajstić information content (AvgIpc) is 2.21. The van der Waals surface area contributed by atoms with Gasteiger partial charge < -0.3 is 4.43 Å². The summed E-state index contributed by atoms with van der Waals surface area (Å²) >= 11 is 3.56. The zero-order valence-electron chi connectivity index (χ0n) is 14.6. The van der Waals surface area contributed by atoms with E-state index in [1.165, 1.54) is 0 Å². The molecule has 1 atom stereocenters. The summed E-state index contributed by atoms with van der Waals surface area (Å²) in [5, 5.41) is 0.269. The lowest BCUT2D eigenvalue weighted by Gasteiger charge is -2.36. The molecule has 0 aliphatic carbocycles. The predicted molar refractivity (Wildman–Crippen MR) is 100 cm³/mol. The van der Waals surface area contributed by atoms with Gasteiger partial charge in [0.05, 0.1) is 4.48 Å². The van der Waals surface area contributed by atoms with Gasteiger partial charge in [0.2, 0.25) is 0 Å². The second kappa shape index (κ2) is 7.44. The van der Waals surface area contributed by atoms with E-state index in [0.29, 0.717) is 5.92 Å². The number of allylic oxidation sites excluding steroid dienone is 1. The molecule has 0 saturated carbocycles. The number of hydrogen-bond acceptors (Lipinski definition) is 1. The molecule has 0 aromatic rings. The fourth-order valence-electron chi connectivity index (χ4n) is 1.14. The fraction of sp³-hybridized carbons (Fsp3) is 0.750. The molecule has 1 nitrogen and oxygen atoms in total. The van der Waals surface area contributed by atoms with Crippen LogP contribution in [0.5, 0.6) is 0 Å². The van der Waals surface area contributed by atoms with E-state index in [9.17, 15) is 0 Å². The lowest BCUT2D eigenvalue weighted by atomic mass is 10.2. The summed E-state index contributed by atoms with van der Waals surface area (Å²) in [6, 6.07) is 0. The van der Waals surface area contributed by atoms with Crippen LogP contribution in [0.3, 0.4) is 0 Å². The van der Waals surface area contributed by atoms with Crippen molar-refractivity contribution in [1.29, 1.82) is 0 Å². The molecule has 0 amide bonds. The molecule has 0 bridgehead atoms. The van der Waals surface area contributed by atoms with Crippen LogP contribution in [0, 0.1) is 17.4 Å². The van der Waals surface area contributed by atoms with Crippen LogP contribution in [0.2, 0.25) is 37.8 Å². The number of hydrogen-bond donors (Lipinski definition) is 0. The summed E-state index contributed by atoms with van der Waals surface area (Å²) < 4.78 is 7.23. The third-order valence-electron chi connectivity index (χ3n) is 3.50. The standard InChI is InChI=1S/C16H31BrOSi2/c1-14(12-15(17)10-11-19(5,6)7)13-18-20(8,9)16(2,3)4/h12,14H,13H2,1-9H3/b15-12-/t14-/m1/s1. The molecule has 0 saturated heterocycles. The molecule has 0 aliphatic rings. The lowest BCUT2D eigenvalue weighted by Crippen LogP contribution is -2.41. The molecular weight excluding hydrogens is 344 g/mol. The minimum Gasteiger partial charge on any atom is -0.416 e. The average molecular weight is 375 g/mol. The Morgan fingerprint density at radius 2 is 1.70 bits per heavy atom. The molecule has 0 heterocycles. The molecule has 0 fully saturated rings. The van der Waals surface area contributed by atoms with Crippen LogP contribution in [0.4, 0.5) is 0 Å². The van der Waals surface area contributed by atoms with Crippen LogP contribution in [-0.4, -0.2) is 23.0 Å². The molecule has 0 radical (unpaired) electrons. The normalized spacial score (nSPS) is 15.6. The monoisotopic (exact) mass is 374 g/mol. The summed E-state index contributed by atoms with van der Waals surface area (Å²) in [6.07, 6.45) is 2.17. The van der Waals surface area contributed by atoms with E-state index < -0.39 is 16.4 Å². The number of rotatable bonds is 4. The fourth-order valence-corrected chi connectivity index (χ4v) is 3.50. The first kappa shape index (κ1) is 20.2. The predicted octanol–water partition coefficient (Wildman–Crippen LogP) is 5.80. The van der Waals surface area contributed by atoms with E-state index in [1.807, 2.05) is 0 Å². The third-order valence-corrected chi connectivity index (χ3v) is 9.34. The maximum atomic E-state index is 6.24. The van der Waals surface area contributed by atoms with E-state index in [1.54, 1.807) is 0 Å². The Hall–Kier alpha value is 0.174. The van der Waals surface area contributed by atoms with Gasteiger partial charge in [0.15, 0.2) is 8.32 Å². The van der Waals surface area contributed by atoms with Crippen LogP contribution in [0.25, 0.3) is 0 Å². The van der Waals surface area contributed by atoms with Crippen LogP contribution in [0.1, 0.15) is 27.7 Å². The minimum absolute atomic E-state index is 0.269. The highest BCUT2D eigenvalue weighted by molar-refractivity contribution is 9.12. The Morgan fingerprint density at radius 1 is 1.20 bits per heavy atom. The van der Waals surface area contributed by atoms with Crippen molar-refractivity contribution in [2.45, 2.75) is 65.5 Å². The van der Waals surface area contributed by atoms with Gasteiger partial charge in [0.25, 0.3) is 0 Å². The molecule has 4 heteroatoms. The zero-order chi connectivity index (χ0) is 16.2. The molecule has 0 N–H and O–H groups in total. The Labute approximate surface area is 136 Å². The summed E-state index contributed by atoms with van der Waals surface area (Å²) in [4.78, 5) is 0. The zero-order valence-corrected chi connectivity index (χ0v) is 18.2. The van der Waals surface area contributed by atoms with Gasteiger partial charge in [-0.15, -0.1) is 5.54 Å². The van der Waals surface area contributed by atoms with Gasteiger partial charge in [0.1, 0.15) is 8.07 Å². The van der Waals surface area contributed by atoms with Crippen molar-refractivity contribution in [3.63, 3.8) is 0 Å². The molecule has 0 aromatic carbocycles. The first-order chi connectivity index (χ1) is 8.74. The third kappa shape index (κ3) is 8.46. The molecule has 0 aliphatic heterocycles. The highest BCUT2D eigenvalue weighted by Crippen LogP contribution is 2.36. The second-order valence-corrected chi connectivity index (χ2v) is 18.5. The highest BCUT2D eigenvalue weighted by Gasteiger charge is 2.37. The number of halogens is 1. The van der Waals surface area contributed by atoms with Crippen LogP contribution in [0.15, 0.2) is 10.6 Å². The van der Waals surface area contributed by atoms with Gasteiger partial charge in [-0.2, -0.15) is 0 Å². The topological polar surface area (TPSA) is 9.23 Å². The van der Waals surface area contributed by atoms with Crippen molar-refractivity contribution < 1.29 is 4.43 Å². The van der Waals surface area contributed by atoms with Crippen LogP contribution >= 0.6 is 15.9 Å². The molecule has 116 valence electrons. The van der Waals surface area contributed by atoms with Gasteiger partial charge in [-0.05, 0) is 40.0 Å². The molecule has 0 rings (SSSR count). The van der Waals surface area contributed by atoms with Crippen LogP contribution in [-0.2, 0) is 4.43 Å². The maximum absolute atomic E-state index is 6.24. The molecule has 0 unspecified atom stereocenters. The van der Waals surface area contributed by atoms with E-state index in [2.05, 4.69) is 93.9 Å². The SMILES string of the molecule is C[C@H](/C=C(\Br)C#C[Si](C)(C)C)CO[Si](C)(C)C(C)(C)C. The van der Waals surface area contributed by atoms with Gasteiger partial charge in [-0.25, -0.2) is 0 Å². The Morgan fingerprint density at radius 3 is 2.10 bits per heavy atom. The first-order valence-corrected chi connectivity index (χ1v) is 14.5. The van der Waals surface area contributed by atoms with E-state index in [-0.39, 0.29) is 5.04 Å². The summed E-state index contributed by atoms with van der Waals surface area (Å²) in [5.41, 5.74) is 3.37. The van der Waals surface area contributed by atoms with Gasteiger partial charge >= 0.3 is 0 Å². The van der Waals surface area contributed by atoms with Crippen molar-refractivity contribution in [2.75, 3.05) is 6.61 Å². The van der Waals surface area contributed by atoms with Gasteiger partial charge in [-0.3, -0.25) is 0 Å². The van der Waals surface area contributed by atoms with E-state index in [4.69, 9.17) is 4.43 Å². The molecular formula is C16H31BrOSi2. The molecule has 20 heavy (non-hydrogen) atoms. The van der Waals surface area contributed by atoms with Crippen LogP contribution < -0.4 is 0 Å². The Kier molecular flexibility index (Phi) is 7.51. The summed E-state index contributed by atoms with van der Waals surface area (Å²) in [5.74, 6) is 3.61. The minimum atomic E-state index is -1.64. The van der Waals surface area contributed by atoms with E-state index in [0.717, 1.165) is 11.1 Å². The molecule has 0 spiro atoms. The smallest absolute Gasteiger partial charge is 0.192 e. The molecule has 0 aromatic heterocycles. The second-order valence-electron chi connectivity index (χ2n) is 8.06. The van der Waals surface area contributed by atoms with Crippen molar-refractivity contribution >= 4 is 32.3 Å². The van der Waals surface area contributed by atoms with Crippen molar-refractivity contribution in [3.8, 4) is 11.5 Å². The summed E-state index contributed by atoms with van der Waals surface area (Å²) in [6.45, 7) is 21.1. The van der Waals surface area contributed by atoms with E-state index >= 15 is 0 Å². The van der Waals surface area contributed by atoms with Crippen molar-refractivity contribution in [3.05, 3.63) is 10.6 Å². The lowest BCUT2D eigenvalue weighted by molar-refractivity contribution is 0.259.